The monoisotopic (exact) mass is 261 g/mol. The van der Waals surface area contributed by atoms with E-state index in [4.69, 9.17) is 10.00 Å². The Hall–Kier alpha value is -2.53. The maximum atomic E-state index is 8.90. The lowest BCUT2D eigenvalue weighted by Crippen LogP contribution is -2.27. The minimum absolute atomic E-state index is 0.338. The molecule has 1 aliphatic rings. The van der Waals surface area contributed by atoms with Gasteiger partial charge in [-0.05, 0) is 29.3 Å². The molecular formula is C18H15NO. The Balaban J connectivity index is 1.93. The summed E-state index contributed by atoms with van der Waals surface area (Å²) in [6, 6.07) is 20.2. The molecular weight excluding hydrogens is 246 g/mol. The molecule has 2 aromatic rings. The van der Waals surface area contributed by atoms with Gasteiger partial charge < -0.3 is 4.74 Å². The number of nitrogens with zero attached hydrogens (tertiary/aromatic N) is 1. The van der Waals surface area contributed by atoms with Gasteiger partial charge >= 0.3 is 0 Å². The summed E-state index contributed by atoms with van der Waals surface area (Å²) in [5.74, 6) is 0. The molecule has 0 amide bonds. The fourth-order valence-electron chi connectivity index (χ4n) is 2.64. The predicted octanol–water partition coefficient (Wildman–Crippen LogP) is 3.93. The van der Waals surface area contributed by atoms with Crippen molar-refractivity contribution in [3.63, 3.8) is 0 Å². The average molecular weight is 261 g/mol. The Kier molecular flexibility index (Phi) is 3.26. The molecule has 2 nitrogen and oxygen atoms in total. The fraction of sp³-hybridized carbons (Fsp3) is 0.167. The molecule has 1 aliphatic heterocycles. The molecule has 1 heterocycles. The first kappa shape index (κ1) is 12.5. The first-order chi connectivity index (χ1) is 9.82. The van der Waals surface area contributed by atoms with Crippen molar-refractivity contribution in [2.24, 2.45) is 0 Å². The molecule has 0 aromatic heterocycles. The Morgan fingerprint density at radius 2 is 1.80 bits per heavy atom. The van der Waals surface area contributed by atoms with Gasteiger partial charge in [0.25, 0.3) is 0 Å². The van der Waals surface area contributed by atoms with Crippen molar-refractivity contribution in [2.45, 2.75) is 18.4 Å². The summed E-state index contributed by atoms with van der Waals surface area (Å²) < 4.78 is 5.94. The smallest absolute Gasteiger partial charge is 0.141 e. The van der Waals surface area contributed by atoms with Gasteiger partial charge in [-0.2, -0.15) is 5.26 Å². The van der Waals surface area contributed by atoms with Crippen LogP contribution >= 0.6 is 0 Å². The molecule has 0 saturated heterocycles. The van der Waals surface area contributed by atoms with E-state index in [0.29, 0.717) is 5.56 Å². The van der Waals surface area contributed by atoms with Crippen LogP contribution in [-0.4, -0.2) is 0 Å². The summed E-state index contributed by atoms with van der Waals surface area (Å²) in [5.41, 5.74) is 2.70. The Labute approximate surface area is 118 Å². The van der Waals surface area contributed by atoms with Crippen LogP contribution in [0.4, 0.5) is 0 Å². The summed E-state index contributed by atoms with van der Waals surface area (Å²) in [7, 11) is 0. The van der Waals surface area contributed by atoms with Gasteiger partial charge in [-0.3, -0.25) is 0 Å². The van der Waals surface area contributed by atoms with Gasteiger partial charge in [0, 0.05) is 12.8 Å². The molecule has 2 aromatic carbocycles. The van der Waals surface area contributed by atoms with Crippen LogP contribution in [0.5, 0.6) is 0 Å². The third-order valence-electron chi connectivity index (χ3n) is 3.71. The van der Waals surface area contributed by atoms with Crippen LogP contribution in [0.1, 0.15) is 23.1 Å². The van der Waals surface area contributed by atoms with Gasteiger partial charge in [-0.25, -0.2) is 0 Å². The number of ether oxygens (including phenoxy) is 1. The third kappa shape index (κ3) is 2.31. The first-order valence-electron chi connectivity index (χ1n) is 6.70. The van der Waals surface area contributed by atoms with Crippen LogP contribution in [0.3, 0.4) is 0 Å². The van der Waals surface area contributed by atoms with E-state index in [-0.39, 0.29) is 5.60 Å². The SMILES string of the molecule is N#Cc1ccc([C@@]2(Cc3ccccc3)CC=CO2)cc1. The molecule has 0 N–H and O–H groups in total. The number of nitriles is 1. The van der Waals surface area contributed by atoms with E-state index in [9.17, 15) is 0 Å². The lowest BCUT2D eigenvalue weighted by atomic mass is 9.85. The molecule has 20 heavy (non-hydrogen) atoms. The van der Waals surface area contributed by atoms with Gasteiger partial charge in [0.1, 0.15) is 5.60 Å². The van der Waals surface area contributed by atoms with E-state index in [1.54, 1.807) is 6.26 Å². The highest BCUT2D eigenvalue weighted by Gasteiger charge is 2.35. The zero-order valence-corrected chi connectivity index (χ0v) is 11.1. The van der Waals surface area contributed by atoms with E-state index in [1.165, 1.54) is 5.56 Å². The highest BCUT2D eigenvalue weighted by atomic mass is 16.5. The quantitative estimate of drug-likeness (QED) is 0.838. The molecule has 0 spiro atoms. The van der Waals surface area contributed by atoms with Crippen LogP contribution in [0.2, 0.25) is 0 Å². The van der Waals surface area contributed by atoms with E-state index < -0.39 is 0 Å². The summed E-state index contributed by atoms with van der Waals surface area (Å²) >= 11 is 0. The predicted molar refractivity (Wildman–Crippen MR) is 77.8 cm³/mol. The van der Waals surface area contributed by atoms with Crippen molar-refractivity contribution >= 4 is 0 Å². The number of hydrogen-bond acceptors (Lipinski definition) is 2. The largest absolute Gasteiger partial charge is 0.490 e. The lowest BCUT2D eigenvalue weighted by Gasteiger charge is -2.29. The van der Waals surface area contributed by atoms with Gasteiger partial charge in [0.05, 0.1) is 17.9 Å². The second kappa shape index (κ2) is 5.22. The minimum atomic E-state index is -0.338. The molecule has 0 saturated carbocycles. The molecule has 0 radical (unpaired) electrons. The Morgan fingerprint density at radius 3 is 2.40 bits per heavy atom. The molecule has 1 atom stereocenters. The van der Waals surface area contributed by atoms with Crippen LogP contribution < -0.4 is 0 Å². The third-order valence-corrected chi connectivity index (χ3v) is 3.71. The fourth-order valence-corrected chi connectivity index (χ4v) is 2.64. The van der Waals surface area contributed by atoms with Gasteiger partial charge in [0.2, 0.25) is 0 Å². The second-order valence-corrected chi connectivity index (χ2v) is 5.04. The molecule has 0 fully saturated rings. The summed E-state index contributed by atoms with van der Waals surface area (Å²) in [5, 5.41) is 8.90. The molecule has 0 aliphatic carbocycles. The van der Waals surface area contributed by atoms with Crippen LogP contribution in [-0.2, 0) is 16.8 Å². The van der Waals surface area contributed by atoms with Crippen LogP contribution in [0.15, 0.2) is 66.9 Å². The summed E-state index contributed by atoms with van der Waals surface area (Å²) in [6.45, 7) is 0. The normalized spacial score (nSPS) is 20.4. The Bertz CT molecular complexity index is 642. The van der Waals surface area contributed by atoms with Gasteiger partial charge in [0.15, 0.2) is 0 Å². The lowest BCUT2D eigenvalue weighted by molar-refractivity contribution is 0.0414. The van der Waals surface area contributed by atoms with E-state index in [1.807, 2.05) is 42.5 Å². The minimum Gasteiger partial charge on any atom is -0.490 e. The summed E-state index contributed by atoms with van der Waals surface area (Å²) in [4.78, 5) is 0. The molecule has 0 unspecified atom stereocenters. The maximum Gasteiger partial charge on any atom is 0.141 e. The topological polar surface area (TPSA) is 33.0 Å². The molecule has 0 bridgehead atoms. The van der Waals surface area contributed by atoms with E-state index in [0.717, 1.165) is 18.4 Å². The zero-order valence-electron chi connectivity index (χ0n) is 11.1. The molecule has 2 heteroatoms. The van der Waals surface area contributed by atoms with E-state index >= 15 is 0 Å². The molecule has 3 rings (SSSR count). The summed E-state index contributed by atoms with van der Waals surface area (Å²) in [6.07, 6.45) is 5.52. The van der Waals surface area contributed by atoms with Gasteiger partial charge in [-0.15, -0.1) is 0 Å². The van der Waals surface area contributed by atoms with E-state index in [2.05, 4.69) is 24.3 Å². The Morgan fingerprint density at radius 1 is 1.05 bits per heavy atom. The maximum absolute atomic E-state index is 8.90. The second-order valence-electron chi connectivity index (χ2n) is 5.04. The number of rotatable bonds is 3. The number of benzene rings is 2. The highest BCUT2D eigenvalue weighted by molar-refractivity contribution is 5.36. The first-order valence-corrected chi connectivity index (χ1v) is 6.70. The van der Waals surface area contributed by atoms with Crippen molar-refractivity contribution in [1.29, 1.82) is 5.26 Å². The average Bonchev–Trinajstić information content (AvgIpc) is 2.98. The van der Waals surface area contributed by atoms with Crippen molar-refractivity contribution in [2.75, 3.05) is 0 Å². The van der Waals surface area contributed by atoms with Crippen LogP contribution in [0.25, 0.3) is 0 Å². The number of hydrogen-bond donors (Lipinski definition) is 0. The highest BCUT2D eigenvalue weighted by Crippen LogP contribution is 2.37. The molecule has 98 valence electrons. The van der Waals surface area contributed by atoms with Crippen molar-refractivity contribution < 1.29 is 4.74 Å². The van der Waals surface area contributed by atoms with Crippen LogP contribution in [0, 0.1) is 11.3 Å². The van der Waals surface area contributed by atoms with Gasteiger partial charge in [-0.1, -0.05) is 42.5 Å². The van der Waals surface area contributed by atoms with Crippen molar-refractivity contribution in [3.8, 4) is 6.07 Å². The standard InChI is InChI=1S/C18H15NO/c19-14-16-7-9-17(10-8-16)18(11-4-12-20-18)13-15-5-2-1-3-6-15/h1-10,12H,11,13H2/t18-/m0/s1. The zero-order chi connectivity index (χ0) is 13.8. The van der Waals surface area contributed by atoms with Crippen molar-refractivity contribution in [3.05, 3.63) is 83.6 Å². The van der Waals surface area contributed by atoms with Crippen molar-refractivity contribution in [1.82, 2.24) is 0 Å².